The number of ether oxygens (including phenoxy) is 1. The first-order valence-corrected chi connectivity index (χ1v) is 5.21. The number of nitrogens with zero attached hydrogens (tertiary/aromatic N) is 1. The number of hydrogen-bond donors (Lipinski definition) is 1. The van der Waals surface area contributed by atoms with Crippen molar-refractivity contribution >= 4 is 12.4 Å². The lowest BCUT2D eigenvalue weighted by Crippen LogP contribution is -2.32. The molecule has 1 rings (SSSR count). The smallest absolute Gasteiger partial charge is 0.331 e. The highest BCUT2D eigenvalue weighted by Crippen LogP contribution is 2.22. The fourth-order valence-corrected chi connectivity index (χ4v) is 1.58. The molecular weight excluding hydrogens is 222 g/mol. The Hall–Kier alpha value is -2.04. The van der Waals surface area contributed by atoms with Crippen molar-refractivity contribution in [1.29, 1.82) is 0 Å². The molecule has 1 unspecified atom stereocenters. The van der Waals surface area contributed by atoms with E-state index in [0.717, 1.165) is 0 Å². The van der Waals surface area contributed by atoms with E-state index in [1.807, 2.05) is 0 Å². The number of amides is 1. The van der Waals surface area contributed by atoms with Crippen molar-refractivity contribution in [3.63, 3.8) is 0 Å². The second kappa shape index (κ2) is 5.89. The van der Waals surface area contributed by atoms with Gasteiger partial charge in [-0.3, -0.25) is 4.79 Å². The van der Waals surface area contributed by atoms with Gasteiger partial charge in [0.05, 0.1) is 7.11 Å². The van der Waals surface area contributed by atoms with Crippen molar-refractivity contribution < 1.29 is 19.4 Å². The Morgan fingerprint density at radius 3 is 2.41 bits per heavy atom. The third-order valence-corrected chi connectivity index (χ3v) is 2.50. The number of carboxylic acid groups (broad SMARTS) is 1. The van der Waals surface area contributed by atoms with E-state index in [1.54, 1.807) is 31.2 Å². The fraction of sp³-hybridized carbons (Fsp3) is 0.333. The summed E-state index contributed by atoms with van der Waals surface area (Å²) in [5, 5.41) is 9.15. The maximum Gasteiger partial charge on any atom is 0.331 e. The van der Waals surface area contributed by atoms with E-state index in [-0.39, 0.29) is 0 Å². The molecule has 0 radical (unpaired) electrons. The van der Waals surface area contributed by atoms with Crippen LogP contribution < -0.4 is 4.74 Å². The lowest BCUT2D eigenvalue weighted by atomic mass is 10.1. The molecule has 0 aliphatic heterocycles. The number of aliphatic carboxylic acids is 1. The highest BCUT2D eigenvalue weighted by molar-refractivity contribution is 5.78. The van der Waals surface area contributed by atoms with Crippen molar-refractivity contribution in [2.75, 3.05) is 13.7 Å². The quantitative estimate of drug-likeness (QED) is 0.757. The van der Waals surface area contributed by atoms with E-state index in [2.05, 4.69) is 0 Å². The summed E-state index contributed by atoms with van der Waals surface area (Å²) >= 11 is 0. The summed E-state index contributed by atoms with van der Waals surface area (Å²) < 4.78 is 4.99. The molecule has 0 bridgehead atoms. The maximum atomic E-state index is 11.2. The molecular formula is C12H15NO4. The molecule has 5 nitrogen and oxygen atoms in total. The van der Waals surface area contributed by atoms with E-state index in [9.17, 15) is 9.59 Å². The molecule has 1 aromatic carbocycles. The van der Waals surface area contributed by atoms with Gasteiger partial charge >= 0.3 is 5.97 Å². The number of carbonyl (C=O) groups excluding carboxylic acids is 1. The third kappa shape index (κ3) is 2.96. The number of likely N-dealkylation sites (N-methyl/N-ethyl adjacent to an activating group) is 1. The molecule has 1 aromatic rings. The Bertz CT molecular complexity index is 388. The van der Waals surface area contributed by atoms with E-state index in [0.29, 0.717) is 24.3 Å². The maximum absolute atomic E-state index is 11.2. The Balaban J connectivity index is 3.04. The Kier molecular flexibility index (Phi) is 4.51. The normalized spacial score (nSPS) is 11.6. The Morgan fingerprint density at radius 2 is 2.06 bits per heavy atom. The van der Waals surface area contributed by atoms with Crippen LogP contribution in [0.1, 0.15) is 18.5 Å². The van der Waals surface area contributed by atoms with E-state index in [1.165, 1.54) is 12.0 Å². The minimum atomic E-state index is -1.05. The molecule has 92 valence electrons. The molecule has 0 saturated carbocycles. The molecule has 1 amide bonds. The summed E-state index contributed by atoms with van der Waals surface area (Å²) in [7, 11) is 1.54. The van der Waals surface area contributed by atoms with Gasteiger partial charge in [0.15, 0.2) is 6.04 Å². The van der Waals surface area contributed by atoms with Crippen molar-refractivity contribution in [3.8, 4) is 5.75 Å². The highest BCUT2D eigenvalue weighted by Gasteiger charge is 2.25. The number of rotatable bonds is 6. The molecule has 0 spiro atoms. The van der Waals surface area contributed by atoms with Gasteiger partial charge in [-0.15, -0.1) is 0 Å². The van der Waals surface area contributed by atoms with E-state index >= 15 is 0 Å². The van der Waals surface area contributed by atoms with Gasteiger partial charge in [0, 0.05) is 6.54 Å². The van der Waals surface area contributed by atoms with Gasteiger partial charge in [-0.05, 0) is 24.6 Å². The van der Waals surface area contributed by atoms with Crippen molar-refractivity contribution in [3.05, 3.63) is 29.8 Å². The fourth-order valence-electron chi connectivity index (χ4n) is 1.58. The molecule has 17 heavy (non-hydrogen) atoms. The van der Waals surface area contributed by atoms with Crippen LogP contribution in [0.4, 0.5) is 0 Å². The predicted molar refractivity (Wildman–Crippen MR) is 61.8 cm³/mol. The van der Waals surface area contributed by atoms with Gasteiger partial charge in [-0.1, -0.05) is 12.1 Å². The van der Waals surface area contributed by atoms with Crippen LogP contribution in [-0.4, -0.2) is 36.0 Å². The average Bonchev–Trinajstić information content (AvgIpc) is 2.35. The zero-order valence-electron chi connectivity index (χ0n) is 9.79. The third-order valence-electron chi connectivity index (χ3n) is 2.50. The molecule has 5 heteroatoms. The number of methoxy groups -OCH3 is 1. The molecule has 1 N–H and O–H groups in total. The van der Waals surface area contributed by atoms with Gasteiger partial charge in [0.25, 0.3) is 0 Å². The molecule has 0 fully saturated rings. The zero-order valence-corrected chi connectivity index (χ0v) is 9.79. The second-order valence-electron chi connectivity index (χ2n) is 3.45. The van der Waals surface area contributed by atoms with Gasteiger partial charge < -0.3 is 14.7 Å². The van der Waals surface area contributed by atoms with Crippen LogP contribution in [0.5, 0.6) is 5.75 Å². The first kappa shape index (κ1) is 13.0. The molecule has 1 atom stereocenters. The number of benzene rings is 1. The minimum Gasteiger partial charge on any atom is -0.497 e. The molecule has 0 heterocycles. The van der Waals surface area contributed by atoms with Crippen molar-refractivity contribution in [1.82, 2.24) is 4.90 Å². The predicted octanol–water partition coefficient (Wildman–Crippen LogP) is 1.30. The average molecular weight is 237 g/mol. The molecule has 0 aliphatic rings. The monoisotopic (exact) mass is 237 g/mol. The minimum absolute atomic E-state index is 0.340. The van der Waals surface area contributed by atoms with Gasteiger partial charge in [-0.25, -0.2) is 4.79 Å². The van der Waals surface area contributed by atoms with Gasteiger partial charge in [0.1, 0.15) is 5.75 Å². The van der Waals surface area contributed by atoms with Crippen molar-refractivity contribution in [2.45, 2.75) is 13.0 Å². The van der Waals surface area contributed by atoms with Crippen LogP contribution in [0.2, 0.25) is 0 Å². The zero-order chi connectivity index (χ0) is 12.8. The summed E-state index contributed by atoms with van der Waals surface area (Å²) in [6.07, 6.45) is 0.545. The van der Waals surface area contributed by atoms with Gasteiger partial charge in [-0.2, -0.15) is 0 Å². The largest absolute Gasteiger partial charge is 0.497 e. The summed E-state index contributed by atoms with van der Waals surface area (Å²) in [6.45, 7) is 2.07. The Labute approximate surface area is 99.6 Å². The summed E-state index contributed by atoms with van der Waals surface area (Å²) in [6, 6.07) is 5.67. The van der Waals surface area contributed by atoms with Crippen molar-refractivity contribution in [2.24, 2.45) is 0 Å². The van der Waals surface area contributed by atoms with Crippen LogP contribution in [-0.2, 0) is 9.59 Å². The standard InChI is InChI=1S/C12H15NO4/c1-3-13(8-14)11(12(15)16)9-4-6-10(17-2)7-5-9/h4-8,11H,3H2,1-2H3,(H,15,16). The lowest BCUT2D eigenvalue weighted by molar-refractivity contribution is -0.146. The van der Waals surface area contributed by atoms with E-state index < -0.39 is 12.0 Å². The van der Waals surface area contributed by atoms with Crippen LogP contribution in [0.15, 0.2) is 24.3 Å². The number of carboxylic acids is 1. The van der Waals surface area contributed by atoms with Crippen LogP contribution in [0, 0.1) is 0 Å². The summed E-state index contributed by atoms with van der Waals surface area (Å²) in [5.41, 5.74) is 0.548. The van der Waals surface area contributed by atoms with Crippen LogP contribution in [0.25, 0.3) is 0 Å². The van der Waals surface area contributed by atoms with E-state index in [4.69, 9.17) is 9.84 Å². The first-order chi connectivity index (χ1) is 8.13. The molecule has 0 aliphatic carbocycles. The summed E-state index contributed by atoms with van der Waals surface area (Å²) in [4.78, 5) is 23.2. The van der Waals surface area contributed by atoms with Crippen LogP contribution >= 0.6 is 0 Å². The number of carbonyl (C=O) groups is 2. The molecule has 0 saturated heterocycles. The van der Waals surface area contributed by atoms with Crippen LogP contribution in [0.3, 0.4) is 0 Å². The second-order valence-corrected chi connectivity index (χ2v) is 3.45. The topological polar surface area (TPSA) is 66.8 Å². The highest BCUT2D eigenvalue weighted by atomic mass is 16.5. The Morgan fingerprint density at radius 1 is 1.47 bits per heavy atom. The SMILES string of the molecule is CCN(C=O)C(C(=O)O)c1ccc(OC)cc1. The first-order valence-electron chi connectivity index (χ1n) is 5.21. The molecule has 0 aromatic heterocycles. The van der Waals surface area contributed by atoms with Gasteiger partial charge in [0.2, 0.25) is 6.41 Å². The lowest BCUT2D eigenvalue weighted by Gasteiger charge is -2.23. The summed E-state index contributed by atoms with van der Waals surface area (Å²) in [5.74, 6) is -0.406. The number of hydrogen-bond acceptors (Lipinski definition) is 3.